The van der Waals surface area contributed by atoms with Crippen molar-refractivity contribution in [1.82, 2.24) is 4.90 Å². The molecule has 0 heterocycles. The van der Waals surface area contributed by atoms with E-state index in [1.54, 1.807) is 32.3 Å². The molecule has 0 atom stereocenters. The average Bonchev–Trinajstić information content (AvgIpc) is 2.40. The van der Waals surface area contributed by atoms with Gasteiger partial charge < -0.3 is 25.9 Å². The normalized spacial score (nSPS) is 9.86. The van der Waals surface area contributed by atoms with E-state index in [0.29, 0.717) is 36.0 Å². The van der Waals surface area contributed by atoms with E-state index in [9.17, 15) is 4.79 Å². The lowest BCUT2D eigenvalue weighted by atomic mass is 10.2. The van der Waals surface area contributed by atoms with Crippen molar-refractivity contribution in [2.24, 2.45) is 16.6 Å². The van der Waals surface area contributed by atoms with Crippen molar-refractivity contribution < 1.29 is 14.4 Å². The summed E-state index contributed by atoms with van der Waals surface area (Å²) in [5.74, 6) is 0.255. The lowest BCUT2D eigenvalue weighted by molar-refractivity contribution is 0.0827. The highest BCUT2D eigenvalue weighted by atomic mass is 35.5. The van der Waals surface area contributed by atoms with Crippen LogP contribution in [0.4, 0.5) is 0 Å². The molecule has 1 aromatic rings. The molecule has 1 rings (SSSR count). The van der Waals surface area contributed by atoms with E-state index in [4.69, 9.17) is 32.6 Å². The Labute approximate surface area is 128 Å². The van der Waals surface area contributed by atoms with Gasteiger partial charge in [-0.3, -0.25) is 4.79 Å². The van der Waals surface area contributed by atoms with E-state index in [1.807, 2.05) is 0 Å². The summed E-state index contributed by atoms with van der Waals surface area (Å²) < 4.78 is 5.52. The van der Waals surface area contributed by atoms with Crippen LogP contribution in [0.5, 0.6) is 5.75 Å². The Kier molecular flexibility index (Phi) is 6.61. The number of amides is 1. The summed E-state index contributed by atoms with van der Waals surface area (Å²) in [4.78, 5) is 18.2. The monoisotopic (exact) mass is 314 g/mol. The van der Waals surface area contributed by atoms with Crippen LogP contribution in [0.25, 0.3) is 0 Å². The molecule has 0 aliphatic carbocycles. The quantitative estimate of drug-likeness (QED) is 0.338. The summed E-state index contributed by atoms with van der Waals surface area (Å²) in [6.45, 7) is 0.706. The van der Waals surface area contributed by atoms with Crippen LogP contribution in [0, 0.1) is 0 Å². The Bertz CT molecular complexity index is 516. The third kappa shape index (κ3) is 6.22. The van der Waals surface area contributed by atoms with Crippen LogP contribution in [0.2, 0.25) is 5.02 Å². The van der Waals surface area contributed by atoms with Gasteiger partial charge in [-0.15, -0.1) is 0 Å². The van der Waals surface area contributed by atoms with Crippen molar-refractivity contribution in [2.45, 2.75) is 6.42 Å². The number of carbonyl (C=O) groups excluding carboxylic acids is 1. The second-order valence-electron chi connectivity index (χ2n) is 4.43. The molecule has 0 aliphatic rings. The zero-order valence-corrected chi connectivity index (χ0v) is 12.8. The summed E-state index contributed by atoms with van der Waals surface area (Å²) in [6.07, 6.45) is 0.584. The highest BCUT2D eigenvalue weighted by Gasteiger charge is 2.10. The van der Waals surface area contributed by atoms with Crippen molar-refractivity contribution >= 4 is 23.5 Å². The molecule has 1 aromatic carbocycles. The van der Waals surface area contributed by atoms with E-state index in [-0.39, 0.29) is 11.9 Å². The van der Waals surface area contributed by atoms with Gasteiger partial charge in [-0.05, 0) is 23.4 Å². The lowest BCUT2D eigenvalue weighted by Gasteiger charge is -2.12. The molecule has 116 valence electrons. The number of halogens is 1. The number of nitrogens with zero attached hydrogens (tertiary/aromatic N) is 2. The number of nitrogens with two attached hydrogens (primary N) is 2. The summed E-state index contributed by atoms with van der Waals surface area (Å²) >= 11 is 5.98. The van der Waals surface area contributed by atoms with Crippen LogP contribution in [0.15, 0.2) is 23.4 Å². The number of hydrogen-bond acceptors (Lipinski definition) is 4. The smallest absolute Gasteiger partial charge is 0.253 e. The van der Waals surface area contributed by atoms with Crippen LogP contribution in [-0.4, -0.2) is 44.1 Å². The minimum atomic E-state index is -0.140. The maximum absolute atomic E-state index is 11.9. The Balaban J connectivity index is 2.52. The summed E-state index contributed by atoms with van der Waals surface area (Å²) in [5.41, 5.74) is 10.7. The number of rotatable bonds is 7. The highest BCUT2D eigenvalue weighted by Crippen LogP contribution is 2.22. The first-order valence-electron chi connectivity index (χ1n) is 6.26. The molecule has 1 amide bonds. The maximum Gasteiger partial charge on any atom is 0.253 e. The minimum Gasteiger partial charge on any atom is -0.493 e. The number of ether oxygens (including phenoxy) is 1. The zero-order chi connectivity index (χ0) is 15.8. The molecule has 0 radical (unpaired) electrons. The molecule has 4 N–H and O–H groups in total. The van der Waals surface area contributed by atoms with Gasteiger partial charge in [-0.1, -0.05) is 11.6 Å². The first-order chi connectivity index (χ1) is 9.90. The fraction of sp³-hybridized carbons (Fsp3) is 0.385. The lowest BCUT2D eigenvalue weighted by Crippen LogP contribution is -2.23. The molecule has 0 bridgehead atoms. The molecule has 0 aromatic heterocycles. The van der Waals surface area contributed by atoms with Gasteiger partial charge in [0.2, 0.25) is 5.96 Å². The minimum absolute atomic E-state index is 0.127. The van der Waals surface area contributed by atoms with E-state index in [1.165, 1.54) is 4.90 Å². The fourth-order valence-electron chi connectivity index (χ4n) is 1.46. The SMILES string of the molecule is CN(C)C(=O)c1cc(Cl)cc(OCCCON=C(N)N)c1. The molecule has 8 heteroatoms. The molecule has 0 spiro atoms. The van der Waals surface area contributed by atoms with E-state index in [0.717, 1.165) is 0 Å². The first kappa shape index (κ1) is 16.9. The Morgan fingerprint density at radius 2 is 2.00 bits per heavy atom. The van der Waals surface area contributed by atoms with Crippen LogP contribution in [0.1, 0.15) is 16.8 Å². The van der Waals surface area contributed by atoms with Crippen molar-refractivity contribution in [3.05, 3.63) is 28.8 Å². The number of oxime groups is 1. The number of hydrogen-bond donors (Lipinski definition) is 2. The molecule has 0 saturated carbocycles. The van der Waals surface area contributed by atoms with Crippen molar-refractivity contribution in [2.75, 3.05) is 27.3 Å². The van der Waals surface area contributed by atoms with Crippen LogP contribution in [-0.2, 0) is 4.84 Å². The van der Waals surface area contributed by atoms with Gasteiger partial charge in [0.1, 0.15) is 12.4 Å². The predicted molar refractivity (Wildman–Crippen MR) is 81.3 cm³/mol. The first-order valence-corrected chi connectivity index (χ1v) is 6.64. The van der Waals surface area contributed by atoms with Gasteiger partial charge in [-0.25, -0.2) is 0 Å². The summed E-state index contributed by atoms with van der Waals surface area (Å²) in [7, 11) is 3.34. The van der Waals surface area contributed by atoms with Gasteiger partial charge >= 0.3 is 0 Å². The van der Waals surface area contributed by atoms with Crippen LogP contribution in [0.3, 0.4) is 0 Å². The molecule has 7 nitrogen and oxygen atoms in total. The zero-order valence-electron chi connectivity index (χ0n) is 12.0. The van der Waals surface area contributed by atoms with E-state index in [2.05, 4.69) is 5.16 Å². The van der Waals surface area contributed by atoms with Gasteiger partial charge in [0.15, 0.2) is 0 Å². The van der Waals surface area contributed by atoms with Crippen molar-refractivity contribution in [3.8, 4) is 5.75 Å². The summed E-state index contributed by atoms with van der Waals surface area (Å²) in [5, 5.41) is 3.82. The second kappa shape index (κ2) is 8.21. The standard InChI is InChI=1S/C13H19ClN4O3/c1-18(2)12(19)9-6-10(14)8-11(7-9)20-4-3-5-21-17-13(15)16/h6-8H,3-5H2,1-2H3,(H4,15,16,17). The second-order valence-corrected chi connectivity index (χ2v) is 4.86. The van der Waals surface area contributed by atoms with Crippen LogP contribution >= 0.6 is 11.6 Å². The Hall–Kier alpha value is -2.15. The topological polar surface area (TPSA) is 103 Å². The third-order valence-corrected chi connectivity index (χ3v) is 2.56. The predicted octanol–water partition coefficient (Wildman–Crippen LogP) is 1.02. The molecule has 0 saturated heterocycles. The fourth-order valence-corrected chi connectivity index (χ4v) is 1.69. The molecule has 0 unspecified atom stereocenters. The molecular formula is C13H19ClN4O3. The highest BCUT2D eigenvalue weighted by molar-refractivity contribution is 6.31. The van der Waals surface area contributed by atoms with Crippen LogP contribution < -0.4 is 16.2 Å². The number of guanidine groups is 1. The maximum atomic E-state index is 11.9. The summed E-state index contributed by atoms with van der Waals surface area (Å²) in [6, 6.07) is 4.88. The molecule has 21 heavy (non-hydrogen) atoms. The Morgan fingerprint density at radius 3 is 2.62 bits per heavy atom. The van der Waals surface area contributed by atoms with E-state index >= 15 is 0 Å². The Morgan fingerprint density at radius 1 is 1.29 bits per heavy atom. The van der Waals surface area contributed by atoms with Gasteiger partial charge in [0.25, 0.3) is 5.91 Å². The van der Waals surface area contributed by atoms with Gasteiger partial charge in [0, 0.05) is 31.1 Å². The van der Waals surface area contributed by atoms with Gasteiger partial charge in [-0.2, -0.15) is 0 Å². The van der Waals surface area contributed by atoms with E-state index < -0.39 is 0 Å². The van der Waals surface area contributed by atoms with Crippen molar-refractivity contribution in [1.29, 1.82) is 0 Å². The average molecular weight is 315 g/mol. The number of carbonyl (C=O) groups is 1. The van der Waals surface area contributed by atoms with Crippen molar-refractivity contribution in [3.63, 3.8) is 0 Å². The number of benzene rings is 1. The third-order valence-electron chi connectivity index (χ3n) is 2.34. The molecular weight excluding hydrogens is 296 g/mol. The largest absolute Gasteiger partial charge is 0.493 e. The molecule has 0 fully saturated rings. The van der Waals surface area contributed by atoms with Gasteiger partial charge in [0.05, 0.1) is 6.61 Å². The molecule has 0 aliphatic heterocycles.